The van der Waals surface area contributed by atoms with Gasteiger partial charge in [0.05, 0.1) is 0 Å². The summed E-state index contributed by atoms with van der Waals surface area (Å²) in [6, 6.07) is 7.33. The van der Waals surface area contributed by atoms with Crippen molar-refractivity contribution in [2.24, 2.45) is 10.9 Å². The number of para-hydroxylation sites is 1. The Hall–Kier alpha value is -1.31. The van der Waals surface area contributed by atoms with Crippen LogP contribution in [-0.4, -0.2) is 17.9 Å². The summed E-state index contributed by atoms with van der Waals surface area (Å²) in [6.45, 7) is 0.888. The van der Waals surface area contributed by atoms with Gasteiger partial charge in [-0.05, 0) is 24.5 Å². The van der Waals surface area contributed by atoms with Crippen LogP contribution in [-0.2, 0) is 0 Å². The van der Waals surface area contributed by atoms with E-state index in [1.54, 1.807) is 12.3 Å². The van der Waals surface area contributed by atoms with E-state index in [0.717, 1.165) is 18.0 Å². The molecule has 92 valence electrons. The molecule has 2 rings (SSSR count). The van der Waals surface area contributed by atoms with Gasteiger partial charge in [0.15, 0.2) is 0 Å². The molecule has 0 unspecified atom stereocenters. The lowest BCUT2D eigenvalue weighted by molar-refractivity contribution is 0.343. The van der Waals surface area contributed by atoms with E-state index in [2.05, 4.69) is 4.99 Å². The lowest BCUT2D eigenvalue weighted by Crippen LogP contribution is -2.07. The normalized spacial score (nSPS) is 17.6. The molecule has 1 aromatic carbocycles. The Morgan fingerprint density at radius 2 is 1.94 bits per heavy atom. The molecular weight excluding hydrogens is 210 g/mol. The predicted molar refractivity (Wildman–Crippen MR) is 71.8 cm³/mol. The van der Waals surface area contributed by atoms with Crippen LogP contribution in [0.1, 0.15) is 44.1 Å². The number of nitrogens with zero attached hydrogens (tertiary/aromatic N) is 1. The van der Waals surface area contributed by atoms with Gasteiger partial charge in [0, 0.05) is 18.3 Å². The minimum atomic E-state index is 0.314. The Morgan fingerprint density at radius 1 is 1.18 bits per heavy atom. The van der Waals surface area contributed by atoms with Crippen LogP contribution in [0.3, 0.4) is 0 Å². The first-order chi connectivity index (χ1) is 8.36. The molecule has 1 aromatic rings. The molecule has 2 heteroatoms. The Labute approximate surface area is 103 Å². The van der Waals surface area contributed by atoms with Gasteiger partial charge in [0.2, 0.25) is 0 Å². The highest BCUT2D eigenvalue weighted by atomic mass is 16.3. The van der Waals surface area contributed by atoms with Gasteiger partial charge in [0.25, 0.3) is 0 Å². The minimum Gasteiger partial charge on any atom is -0.507 e. The Morgan fingerprint density at radius 3 is 2.71 bits per heavy atom. The van der Waals surface area contributed by atoms with Gasteiger partial charge in [-0.25, -0.2) is 0 Å². The molecule has 0 radical (unpaired) electrons. The van der Waals surface area contributed by atoms with E-state index < -0.39 is 0 Å². The highest BCUT2D eigenvalue weighted by molar-refractivity contribution is 5.83. The second-order valence-corrected chi connectivity index (χ2v) is 4.89. The van der Waals surface area contributed by atoms with Crippen molar-refractivity contribution >= 4 is 6.21 Å². The summed E-state index contributed by atoms with van der Waals surface area (Å²) in [5.41, 5.74) is 0.816. The molecule has 1 saturated carbocycles. The van der Waals surface area contributed by atoms with E-state index in [1.807, 2.05) is 18.2 Å². The molecule has 0 aliphatic heterocycles. The third kappa shape index (κ3) is 3.88. The second-order valence-electron chi connectivity index (χ2n) is 4.89. The molecule has 1 aliphatic carbocycles. The molecule has 0 heterocycles. The van der Waals surface area contributed by atoms with Gasteiger partial charge in [-0.3, -0.25) is 4.99 Å². The van der Waals surface area contributed by atoms with Gasteiger partial charge in [-0.2, -0.15) is 0 Å². The fourth-order valence-electron chi connectivity index (χ4n) is 2.49. The standard InChI is InChI=1S/C15H21NO/c17-15-9-5-4-8-14(15)12-16-11-10-13-6-2-1-3-7-13/h4-5,8-9,12-13,17H,1-3,6-7,10-11H2. The van der Waals surface area contributed by atoms with Crippen LogP contribution in [0.2, 0.25) is 0 Å². The van der Waals surface area contributed by atoms with Crippen molar-refractivity contribution in [3.05, 3.63) is 29.8 Å². The molecule has 2 nitrogen and oxygen atoms in total. The number of phenols is 1. The van der Waals surface area contributed by atoms with Crippen LogP contribution in [0.25, 0.3) is 0 Å². The molecular formula is C15H21NO. The fourth-order valence-corrected chi connectivity index (χ4v) is 2.49. The predicted octanol–water partition coefficient (Wildman–Crippen LogP) is 3.78. The maximum absolute atomic E-state index is 9.57. The molecule has 0 saturated heterocycles. The van der Waals surface area contributed by atoms with Crippen molar-refractivity contribution < 1.29 is 5.11 Å². The molecule has 0 spiro atoms. The number of hydrogen-bond donors (Lipinski definition) is 1. The molecule has 17 heavy (non-hydrogen) atoms. The average Bonchev–Trinajstić information content (AvgIpc) is 2.38. The quantitative estimate of drug-likeness (QED) is 0.786. The van der Waals surface area contributed by atoms with E-state index in [0.29, 0.717) is 5.75 Å². The average molecular weight is 231 g/mol. The van der Waals surface area contributed by atoms with Gasteiger partial charge in [-0.15, -0.1) is 0 Å². The van der Waals surface area contributed by atoms with Gasteiger partial charge >= 0.3 is 0 Å². The number of rotatable bonds is 4. The highest BCUT2D eigenvalue weighted by Crippen LogP contribution is 2.26. The van der Waals surface area contributed by atoms with E-state index >= 15 is 0 Å². The highest BCUT2D eigenvalue weighted by Gasteiger charge is 2.12. The summed E-state index contributed by atoms with van der Waals surface area (Å²) in [6.07, 6.45) is 9.96. The maximum Gasteiger partial charge on any atom is 0.124 e. The van der Waals surface area contributed by atoms with E-state index in [1.165, 1.54) is 38.5 Å². The summed E-state index contributed by atoms with van der Waals surface area (Å²) in [7, 11) is 0. The summed E-state index contributed by atoms with van der Waals surface area (Å²) in [4.78, 5) is 4.41. The zero-order valence-electron chi connectivity index (χ0n) is 10.3. The van der Waals surface area contributed by atoms with Crippen LogP contribution in [0.4, 0.5) is 0 Å². The number of hydrogen-bond acceptors (Lipinski definition) is 2. The SMILES string of the molecule is Oc1ccccc1C=NCCC1CCCCC1. The third-order valence-electron chi connectivity index (χ3n) is 3.56. The first kappa shape index (κ1) is 12.2. The fraction of sp³-hybridized carbons (Fsp3) is 0.533. The molecule has 0 aromatic heterocycles. The molecule has 0 atom stereocenters. The lowest BCUT2D eigenvalue weighted by atomic mass is 9.87. The van der Waals surface area contributed by atoms with Crippen molar-refractivity contribution in [1.82, 2.24) is 0 Å². The van der Waals surface area contributed by atoms with E-state index in [9.17, 15) is 5.11 Å². The zero-order valence-corrected chi connectivity index (χ0v) is 10.3. The van der Waals surface area contributed by atoms with Crippen LogP contribution < -0.4 is 0 Å². The first-order valence-corrected chi connectivity index (χ1v) is 6.64. The maximum atomic E-state index is 9.57. The van der Waals surface area contributed by atoms with Crippen molar-refractivity contribution in [2.45, 2.75) is 38.5 Å². The third-order valence-corrected chi connectivity index (χ3v) is 3.56. The Kier molecular flexibility index (Phi) is 4.60. The molecule has 1 aliphatic rings. The minimum absolute atomic E-state index is 0.314. The summed E-state index contributed by atoms with van der Waals surface area (Å²) in [5, 5.41) is 9.57. The number of aromatic hydroxyl groups is 1. The number of benzene rings is 1. The van der Waals surface area contributed by atoms with E-state index in [-0.39, 0.29) is 0 Å². The second kappa shape index (κ2) is 6.43. The van der Waals surface area contributed by atoms with Crippen molar-refractivity contribution in [2.75, 3.05) is 6.54 Å². The number of aliphatic imine (C=N–C) groups is 1. The smallest absolute Gasteiger partial charge is 0.124 e. The summed E-state index contributed by atoms with van der Waals surface area (Å²) >= 11 is 0. The van der Waals surface area contributed by atoms with Gasteiger partial charge in [-0.1, -0.05) is 44.2 Å². The van der Waals surface area contributed by atoms with Crippen LogP contribution in [0.5, 0.6) is 5.75 Å². The topological polar surface area (TPSA) is 32.6 Å². The van der Waals surface area contributed by atoms with Crippen molar-refractivity contribution in [3.8, 4) is 5.75 Å². The van der Waals surface area contributed by atoms with Gasteiger partial charge < -0.3 is 5.11 Å². The van der Waals surface area contributed by atoms with Crippen molar-refractivity contribution in [1.29, 1.82) is 0 Å². The molecule has 1 fully saturated rings. The monoisotopic (exact) mass is 231 g/mol. The first-order valence-electron chi connectivity index (χ1n) is 6.64. The zero-order chi connectivity index (χ0) is 11.9. The Balaban J connectivity index is 1.76. The molecule has 0 amide bonds. The van der Waals surface area contributed by atoms with Crippen LogP contribution >= 0.6 is 0 Å². The van der Waals surface area contributed by atoms with Crippen LogP contribution in [0, 0.1) is 5.92 Å². The molecule has 1 N–H and O–H groups in total. The summed E-state index contributed by atoms with van der Waals surface area (Å²) < 4.78 is 0. The largest absolute Gasteiger partial charge is 0.507 e. The molecule has 0 bridgehead atoms. The van der Waals surface area contributed by atoms with Crippen LogP contribution in [0.15, 0.2) is 29.3 Å². The summed E-state index contributed by atoms with van der Waals surface area (Å²) in [5.74, 6) is 1.19. The Bertz CT molecular complexity index is 367. The number of phenolic OH excluding ortho intramolecular Hbond substituents is 1. The van der Waals surface area contributed by atoms with E-state index in [4.69, 9.17) is 0 Å². The van der Waals surface area contributed by atoms with Crippen molar-refractivity contribution in [3.63, 3.8) is 0 Å². The van der Waals surface area contributed by atoms with Gasteiger partial charge in [0.1, 0.15) is 5.75 Å². The lowest BCUT2D eigenvalue weighted by Gasteiger charge is -2.20.